The van der Waals surface area contributed by atoms with Gasteiger partial charge in [0.1, 0.15) is 17.5 Å². The van der Waals surface area contributed by atoms with Crippen LogP contribution in [-0.4, -0.2) is 56.3 Å². The zero-order valence-corrected chi connectivity index (χ0v) is 19.5. The van der Waals surface area contributed by atoms with Gasteiger partial charge in [0.25, 0.3) is 0 Å². The van der Waals surface area contributed by atoms with E-state index in [0.29, 0.717) is 22.6 Å². The molecule has 1 saturated heterocycles. The van der Waals surface area contributed by atoms with Crippen LogP contribution in [0.25, 0.3) is 11.4 Å². The lowest BCUT2D eigenvalue weighted by molar-refractivity contribution is 0.584. The molecular weight excluding hydrogens is 503 g/mol. The van der Waals surface area contributed by atoms with Gasteiger partial charge in [0, 0.05) is 37.3 Å². The molecule has 1 aliphatic heterocycles. The van der Waals surface area contributed by atoms with Crippen LogP contribution < -0.4 is 15.5 Å². The fraction of sp³-hybridized carbons (Fsp3) is 0.368. The number of benzene rings is 1. The predicted octanol–water partition coefficient (Wildman–Crippen LogP) is 3.74. The third-order valence-electron chi connectivity index (χ3n) is 4.48. The largest absolute Gasteiger partial charge is 0.354 e. The molecule has 0 unspecified atom stereocenters. The number of nitrogens with zero attached hydrogens (tertiary/aromatic N) is 5. The van der Waals surface area contributed by atoms with Crippen LogP contribution in [0.4, 0.5) is 17.6 Å². The van der Waals surface area contributed by atoms with E-state index < -0.39 is 0 Å². The van der Waals surface area contributed by atoms with Gasteiger partial charge >= 0.3 is 0 Å². The van der Waals surface area contributed by atoms with Gasteiger partial charge in [0.05, 0.1) is 5.02 Å². The SMILES string of the molecule is CI.Cc1nc(Nc2nc(-c3ccccc3Cl)nc(N3CCNCC3)c2C)n[nH]1. The molecule has 1 fully saturated rings. The predicted molar refractivity (Wildman–Crippen MR) is 127 cm³/mol. The minimum atomic E-state index is 0.477. The third-order valence-corrected chi connectivity index (χ3v) is 4.81. The summed E-state index contributed by atoms with van der Waals surface area (Å²) in [6, 6.07) is 7.60. The fourth-order valence-corrected chi connectivity index (χ4v) is 3.30. The molecule has 154 valence electrons. The second-order valence-electron chi connectivity index (χ2n) is 6.43. The van der Waals surface area contributed by atoms with Crippen LogP contribution in [0, 0.1) is 13.8 Å². The maximum atomic E-state index is 6.40. The lowest BCUT2D eigenvalue weighted by atomic mass is 10.2. The van der Waals surface area contributed by atoms with Gasteiger partial charge < -0.3 is 15.5 Å². The highest BCUT2D eigenvalue weighted by Gasteiger charge is 2.20. The molecule has 3 heterocycles. The van der Waals surface area contributed by atoms with Gasteiger partial charge in [-0.05, 0) is 30.9 Å². The lowest BCUT2D eigenvalue weighted by Gasteiger charge is -2.30. The summed E-state index contributed by atoms with van der Waals surface area (Å²) in [5.74, 6) is 3.36. The highest BCUT2D eigenvalue weighted by molar-refractivity contribution is 14.1. The highest BCUT2D eigenvalue weighted by atomic mass is 127. The number of piperazine rings is 1. The molecule has 0 atom stereocenters. The molecule has 3 N–H and O–H groups in total. The molecule has 0 bridgehead atoms. The van der Waals surface area contributed by atoms with Crippen molar-refractivity contribution in [2.45, 2.75) is 13.8 Å². The summed E-state index contributed by atoms with van der Waals surface area (Å²) in [5.41, 5.74) is 1.75. The minimum absolute atomic E-state index is 0.477. The number of aryl methyl sites for hydroxylation is 1. The molecule has 0 aliphatic carbocycles. The first-order chi connectivity index (χ1) is 14.1. The van der Waals surface area contributed by atoms with Crippen molar-refractivity contribution in [3.05, 3.63) is 40.7 Å². The van der Waals surface area contributed by atoms with Crippen molar-refractivity contribution in [3.63, 3.8) is 0 Å². The van der Waals surface area contributed by atoms with E-state index in [-0.39, 0.29) is 0 Å². The Hall–Kier alpha value is -1.98. The monoisotopic (exact) mass is 526 g/mol. The number of hydrogen-bond acceptors (Lipinski definition) is 7. The summed E-state index contributed by atoms with van der Waals surface area (Å²) < 4.78 is 0. The summed E-state index contributed by atoms with van der Waals surface area (Å²) in [5, 5.41) is 14.2. The van der Waals surface area contributed by atoms with Crippen LogP contribution in [0.1, 0.15) is 11.4 Å². The van der Waals surface area contributed by atoms with Crippen LogP contribution in [0.5, 0.6) is 0 Å². The molecule has 0 radical (unpaired) electrons. The molecule has 0 amide bonds. The van der Waals surface area contributed by atoms with Crippen molar-refractivity contribution >= 4 is 51.8 Å². The van der Waals surface area contributed by atoms with Crippen molar-refractivity contribution < 1.29 is 0 Å². The van der Waals surface area contributed by atoms with Gasteiger partial charge in [-0.25, -0.2) is 9.97 Å². The molecule has 10 heteroatoms. The fourth-order valence-electron chi connectivity index (χ4n) is 3.08. The van der Waals surface area contributed by atoms with E-state index in [0.717, 1.165) is 48.9 Å². The van der Waals surface area contributed by atoms with Gasteiger partial charge in [-0.1, -0.05) is 46.3 Å². The molecule has 1 aliphatic rings. The highest BCUT2D eigenvalue weighted by Crippen LogP contribution is 2.32. The van der Waals surface area contributed by atoms with Crippen molar-refractivity contribution in [1.82, 2.24) is 30.5 Å². The van der Waals surface area contributed by atoms with E-state index in [1.165, 1.54) is 0 Å². The first kappa shape index (κ1) is 21.7. The normalized spacial score (nSPS) is 13.6. The molecule has 29 heavy (non-hydrogen) atoms. The Morgan fingerprint density at radius 3 is 2.45 bits per heavy atom. The number of alkyl halides is 1. The van der Waals surface area contributed by atoms with Crippen LogP contribution in [-0.2, 0) is 0 Å². The molecule has 8 nitrogen and oxygen atoms in total. The van der Waals surface area contributed by atoms with E-state index in [1.807, 2.05) is 43.0 Å². The van der Waals surface area contributed by atoms with Crippen molar-refractivity contribution in [3.8, 4) is 11.4 Å². The number of hydrogen-bond donors (Lipinski definition) is 3. The Kier molecular flexibility index (Phi) is 7.62. The Labute approximate surface area is 189 Å². The van der Waals surface area contributed by atoms with E-state index in [1.54, 1.807) is 0 Å². The van der Waals surface area contributed by atoms with Crippen molar-refractivity contribution in [1.29, 1.82) is 0 Å². The molecule has 3 aromatic rings. The zero-order chi connectivity index (χ0) is 20.8. The molecule has 0 spiro atoms. The summed E-state index contributed by atoms with van der Waals surface area (Å²) in [6.07, 6.45) is 0. The maximum absolute atomic E-state index is 6.40. The minimum Gasteiger partial charge on any atom is -0.354 e. The number of aromatic nitrogens is 5. The summed E-state index contributed by atoms with van der Waals surface area (Å²) in [4.78, 5) is 18.1. The molecule has 2 aromatic heterocycles. The van der Waals surface area contributed by atoms with E-state index in [4.69, 9.17) is 21.6 Å². The molecule has 0 saturated carbocycles. The smallest absolute Gasteiger partial charge is 0.247 e. The van der Waals surface area contributed by atoms with Gasteiger partial charge in [-0.3, -0.25) is 5.10 Å². The zero-order valence-electron chi connectivity index (χ0n) is 16.6. The number of halogens is 2. The average molecular weight is 527 g/mol. The topological polar surface area (TPSA) is 94.7 Å². The summed E-state index contributed by atoms with van der Waals surface area (Å²) in [6.45, 7) is 7.49. The summed E-state index contributed by atoms with van der Waals surface area (Å²) in [7, 11) is 0. The van der Waals surface area contributed by atoms with Crippen LogP contribution >= 0.6 is 34.2 Å². The number of anilines is 3. The number of nitrogens with one attached hydrogen (secondary N) is 3. The Bertz CT molecular complexity index is 955. The second-order valence-corrected chi connectivity index (χ2v) is 6.84. The van der Waals surface area contributed by atoms with Crippen molar-refractivity contribution in [2.24, 2.45) is 0 Å². The lowest BCUT2D eigenvalue weighted by Crippen LogP contribution is -2.44. The van der Waals surface area contributed by atoms with Crippen LogP contribution in [0.3, 0.4) is 0 Å². The van der Waals surface area contributed by atoms with Gasteiger partial charge in [-0.15, -0.1) is 5.10 Å². The molecule has 1 aromatic carbocycles. The van der Waals surface area contributed by atoms with Crippen LogP contribution in [0.15, 0.2) is 24.3 Å². The Balaban J connectivity index is 0.00000117. The number of H-pyrrole nitrogens is 1. The Morgan fingerprint density at radius 1 is 1.07 bits per heavy atom. The standard InChI is InChI=1S/C18H21ClN8.CH3I/c1-11-15(24-18-21-12(2)25-26-18)22-16(13-5-3-4-6-14(13)19)23-17(11)27-9-7-20-8-10-27;1-2/h3-6,20H,7-10H2,1-2H3,(H2,21,22,23,24,25,26);1H3. The molecular formula is C19H24ClIN8. The number of aromatic amines is 1. The first-order valence-corrected chi connectivity index (χ1v) is 11.8. The first-order valence-electron chi connectivity index (χ1n) is 9.25. The van der Waals surface area contributed by atoms with Crippen molar-refractivity contribution in [2.75, 3.05) is 41.3 Å². The number of rotatable bonds is 4. The average Bonchev–Trinajstić information content (AvgIpc) is 3.17. The van der Waals surface area contributed by atoms with Gasteiger partial charge in [0.2, 0.25) is 5.95 Å². The van der Waals surface area contributed by atoms with Gasteiger partial charge in [0.15, 0.2) is 5.82 Å². The van der Waals surface area contributed by atoms with E-state index >= 15 is 0 Å². The Morgan fingerprint density at radius 2 is 1.79 bits per heavy atom. The quantitative estimate of drug-likeness (QED) is 0.352. The molecule has 4 rings (SSSR count). The van der Waals surface area contributed by atoms with Crippen LogP contribution in [0.2, 0.25) is 5.02 Å². The van der Waals surface area contributed by atoms with E-state index in [9.17, 15) is 0 Å². The van der Waals surface area contributed by atoms with Gasteiger partial charge in [-0.2, -0.15) is 4.98 Å². The summed E-state index contributed by atoms with van der Waals surface area (Å²) >= 11 is 8.55. The van der Waals surface area contributed by atoms with E-state index in [2.05, 4.69) is 53.3 Å². The second kappa shape index (κ2) is 10.2. The third kappa shape index (κ3) is 5.14. The maximum Gasteiger partial charge on any atom is 0.247 e.